The van der Waals surface area contributed by atoms with E-state index in [1.54, 1.807) is 0 Å². The van der Waals surface area contributed by atoms with E-state index in [1.165, 1.54) is 99.6 Å². The number of piperidine rings is 2. The number of aromatic hydroxyl groups is 2. The zero-order valence-corrected chi connectivity index (χ0v) is 28.9. The minimum absolute atomic E-state index is 0.236. The normalized spacial score (nSPS) is 39.8. The van der Waals surface area contributed by atoms with E-state index < -0.39 is 0 Å². The summed E-state index contributed by atoms with van der Waals surface area (Å²) in [4.78, 5) is 7.87. The molecular formula is C38H50IN3O2. The van der Waals surface area contributed by atoms with Crippen molar-refractivity contribution in [3.63, 3.8) is 0 Å². The number of rotatable bonds is 2. The second kappa shape index (κ2) is 10.2. The largest absolute Gasteiger partial charge is 0.507 e. The summed E-state index contributed by atoms with van der Waals surface area (Å²) >= 11 is 2.30. The highest BCUT2D eigenvalue weighted by Gasteiger charge is 2.56. The highest BCUT2D eigenvalue weighted by Crippen LogP contribution is 2.60. The molecule has 2 saturated carbocycles. The van der Waals surface area contributed by atoms with Gasteiger partial charge in [0.05, 0.1) is 9.26 Å². The topological polar surface area (TPSA) is 50.2 Å². The standard InChI is InChI=1S/C38H50IN3O2/c1-40-13-10-37-8-4-3-5-27(37)32(40)18-26-19-34(36(44)21-29(26)37)42-12-7-24(22-42)23-6-9-38-11-14-41(2)33(30(38)15-23)17-25-16-31(39)35(43)20-28(25)38/h16,19-21,23-24,27,30,32-33,43-44H,3-15,17-18,22H2,1-2H3/t23?,24?,27-,30-,32+,33+,37+,38-/m1/s1. The van der Waals surface area contributed by atoms with Crippen molar-refractivity contribution < 1.29 is 10.2 Å². The van der Waals surface area contributed by atoms with E-state index in [9.17, 15) is 10.2 Å². The lowest BCUT2D eigenvalue weighted by atomic mass is 9.50. The van der Waals surface area contributed by atoms with Crippen LogP contribution in [-0.2, 0) is 23.7 Å². The predicted octanol–water partition coefficient (Wildman–Crippen LogP) is 6.83. The number of hydrogen-bond donors (Lipinski definition) is 2. The second-order valence-corrected chi connectivity index (χ2v) is 17.4. The van der Waals surface area contributed by atoms with E-state index in [-0.39, 0.29) is 5.41 Å². The van der Waals surface area contributed by atoms with Crippen LogP contribution in [0, 0.1) is 27.2 Å². The Labute approximate surface area is 277 Å². The van der Waals surface area contributed by atoms with Gasteiger partial charge in [-0.1, -0.05) is 12.8 Å². The fourth-order valence-corrected chi connectivity index (χ4v) is 13.0. The van der Waals surface area contributed by atoms with Gasteiger partial charge < -0.3 is 24.9 Å². The number of likely N-dealkylation sites (N-methyl/N-ethyl adjacent to an activating group) is 2. The molecule has 236 valence electrons. The van der Waals surface area contributed by atoms with Gasteiger partial charge in [-0.25, -0.2) is 0 Å². The minimum Gasteiger partial charge on any atom is -0.507 e. The number of nitrogens with zero attached hydrogens (tertiary/aromatic N) is 3. The number of anilines is 1. The van der Waals surface area contributed by atoms with Crippen LogP contribution in [0.15, 0.2) is 24.3 Å². The van der Waals surface area contributed by atoms with Crippen molar-refractivity contribution >= 4 is 28.3 Å². The van der Waals surface area contributed by atoms with Gasteiger partial charge in [0.1, 0.15) is 11.5 Å². The van der Waals surface area contributed by atoms with Crippen LogP contribution in [0.1, 0.15) is 86.5 Å². The predicted molar refractivity (Wildman–Crippen MR) is 185 cm³/mol. The molecule has 7 aliphatic rings. The van der Waals surface area contributed by atoms with Gasteiger partial charge in [0.2, 0.25) is 0 Å². The van der Waals surface area contributed by atoms with Crippen LogP contribution in [0.2, 0.25) is 0 Å². The number of phenolic OH excluding ortho intramolecular Hbond substituents is 2. The summed E-state index contributed by atoms with van der Waals surface area (Å²) in [6, 6.07) is 10.4. The lowest BCUT2D eigenvalue weighted by molar-refractivity contribution is -0.0220. The van der Waals surface area contributed by atoms with Gasteiger partial charge in [-0.2, -0.15) is 0 Å². The molecule has 6 heteroatoms. The highest BCUT2D eigenvalue weighted by atomic mass is 127. The first-order chi connectivity index (χ1) is 21.3. The number of fused-ring (bicyclic) bond motifs is 2. The molecular weight excluding hydrogens is 657 g/mol. The Morgan fingerprint density at radius 1 is 0.705 bits per heavy atom. The zero-order chi connectivity index (χ0) is 30.0. The second-order valence-electron chi connectivity index (χ2n) is 16.3. The van der Waals surface area contributed by atoms with Gasteiger partial charge in [0.15, 0.2) is 0 Å². The number of benzene rings is 2. The summed E-state index contributed by atoms with van der Waals surface area (Å²) in [6.45, 7) is 4.53. The van der Waals surface area contributed by atoms with E-state index in [1.807, 2.05) is 0 Å². The quantitative estimate of drug-likeness (QED) is 0.336. The first kappa shape index (κ1) is 28.7. The number of likely N-dealkylation sites (tertiary alicyclic amines) is 2. The van der Waals surface area contributed by atoms with Crippen molar-refractivity contribution in [1.29, 1.82) is 0 Å². The molecule has 2 N–H and O–H groups in total. The summed E-state index contributed by atoms with van der Waals surface area (Å²) < 4.78 is 0.996. The Balaban J connectivity index is 0.974. The monoisotopic (exact) mass is 707 g/mol. The van der Waals surface area contributed by atoms with Crippen LogP contribution in [-0.4, -0.2) is 72.4 Å². The first-order valence-corrected chi connectivity index (χ1v) is 18.9. The van der Waals surface area contributed by atoms with E-state index in [4.69, 9.17) is 0 Å². The molecule has 4 aliphatic carbocycles. The molecule has 5 nitrogen and oxygen atoms in total. The average molecular weight is 708 g/mol. The third kappa shape index (κ3) is 4.01. The zero-order valence-electron chi connectivity index (χ0n) is 26.7. The van der Waals surface area contributed by atoms with Crippen LogP contribution in [0.25, 0.3) is 0 Å². The molecule has 0 aromatic heterocycles. The van der Waals surface area contributed by atoms with Crippen LogP contribution in [0.3, 0.4) is 0 Å². The molecule has 3 aliphatic heterocycles. The minimum atomic E-state index is 0.236. The molecule has 44 heavy (non-hydrogen) atoms. The van der Waals surface area contributed by atoms with E-state index in [0.717, 1.165) is 47.0 Å². The first-order valence-electron chi connectivity index (χ1n) is 17.8. The van der Waals surface area contributed by atoms with E-state index in [0.29, 0.717) is 40.8 Å². The Morgan fingerprint density at radius 3 is 2.16 bits per heavy atom. The lowest BCUT2D eigenvalue weighted by Gasteiger charge is -2.60. The average Bonchev–Trinajstić information content (AvgIpc) is 3.52. The molecule has 3 saturated heterocycles. The Kier molecular flexibility index (Phi) is 6.68. The van der Waals surface area contributed by atoms with Crippen molar-refractivity contribution in [1.82, 2.24) is 9.80 Å². The summed E-state index contributed by atoms with van der Waals surface area (Å²) in [5.41, 5.74) is 7.65. The Hall–Kier alpha value is -1.51. The number of halogens is 1. The molecule has 9 rings (SSSR count). The van der Waals surface area contributed by atoms with E-state index >= 15 is 0 Å². The van der Waals surface area contributed by atoms with Gasteiger partial charge >= 0.3 is 0 Å². The Morgan fingerprint density at radius 2 is 1.39 bits per heavy atom. The fraction of sp³-hybridized carbons (Fsp3) is 0.684. The highest BCUT2D eigenvalue weighted by molar-refractivity contribution is 14.1. The van der Waals surface area contributed by atoms with Crippen molar-refractivity contribution in [2.75, 3.05) is 45.2 Å². The molecule has 2 aromatic rings. The van der Waals surface area contributed by atoms with E-state index in [2.05, 4.69) is 75.7 Å². The summed E-state index contributed by atoms with van der Waals surface area (Å²) in [6.07, 6.45) is 15.3. The molecule has 3 heterocycles. The van der Waals surface area contributed by atoms with Crippen LogP contribution in [0.4, 0.5) is 5.69 Å². The third-order valence-corrected chi connectivity index (χ3v) is 15.6. The van der Waals surface area contributed by atoms with Crippen molar-refractivity contribution in [3.8, 4) is 11.5 Å². The van der Waals surface area contributed by atoms with Crippen molar-refractivity contribution in [2.45, 2.75) is 100.0 Å². The number of hydrogen-bond acceptors (Lipinski definition) is 5. The molecule has 2 unspecified atom stereocenters. The van der Waals surface area contributed by atoms with Crippen molar-refractivity contribution in [2.24, 2.45) is 23.7 Å². The molecule has 5 fully saturated rings. The smallest absolute Gasteiger partial charge is 0.139 e. The molecule has 0 radical (unpaired) electrons. The number of phenols is 2. The maximum absolute atomic E-state index is 11.6. The van der Waals surface area contributed by atoms with Crippen LogP contribution < -0.4 is 4.90 Å². The van der Waals surface area contributed by atoms with Gasteiger partial charge in [0, 0.05) is 36.0 Å². The molecule has 0 spiro atoms. The van der Waals surface area contributed by atoms with Crippen LogP contribution >= 0.6 is 22.6 Å². The van der Waals surface area contributed by atoms with Gasteiger partial charge in [-0.3, -0.25) is 0 Å². The molecule has 8 atom stereocenters. The third-order valence-electron chi connectivity index (χ3n) is 14.7. The molecule has 0 amide bonds. The summed E-state index contributed by atoms with van der Waals surface area (Å²) in [7, 11) is 4.71. The lowest BCUT2D eigenvalue weighted by Crippen LogP contribution is -2.61. The van der Waals surface area contributed by atoms with Crippen LogP contribution in [0.5, 0.6) is 11.5 Å². The van der Waals surface area contributed by atoms with Gasteiger partial charge in [0.25, 0.3) is 0 Å². The van der Waals surface area contributed by atoms with Gasteiger partial charge in [-0.05, 0) is 184 Å². The fourth-order valence-electron chi connectivity index (χ4n) is 12.5. The Bertz CT molecular complexity index is 1490. The van der Waals surface area contributed by atoms with Crippen molar-refractivity contribution in [3.05, 3.63) is 50.1 Å². The molecule has 4 bridgehead atoms. The SMILES string of the molecule is CN1CC[C@@]23CCCC[C@@H]2[C@@H]1Cc1cc(N2CCC(C4CC[C@@]56CCN(C)[C@@H](Cc7cc(I)c(O)cc75)[C@H]6C4)C2)c(O)cc13. The van der Waals surface area contributed by atoms with Gasteiger partial charge in [-0.15, -0.1) is 0 Å². The maximum Gasteiger partial charge on any atom is 0.139 e. The summed E-state index contributed by atoms with van der Waals surface area (Å²) in [5, 5.41) is 22.3. The maximum atomic E-state index is 11.6. The summed E-state index contributed by atoms with van der Waals surface area (Å²) in [5.74, 6) is 3.90. The molecule has 2 aromatic carbocycles.